The Hall–Kier alpha value is 0.370. The summed E-state index contributed by atoms with van der Waals surface area (Å²) >= 11 is 9.44. The summed E-state index contributed by atoms with van der Waals surface area (Å²) in [5.41, 5.74) is 0. The molecule has 0 radical (unpaired) electrons. The fraction of sp³-hybridized carbons (Fsp3) is 1.00. The van der Waals surface area contributed by atoms with Crippen molar-refractivity contribution in [3.63, 3.8) is 0 Å². The van der Waals surface area contributed by atoms with Crippen molar-refractivity contribution in [3.8, 4) is 0 Å². The van der Waals surface area contributed by atoms with Crippen molar-refractivity contribution in [3.05, 3.63) is 0 Å². The molecule has 0 fully saturated rings. The molecule has 0 rings (SSSR count). The van der Waals surface area contributed by atoms with E-state index in [-0.39, 0.29) is 0 Å². The van der Waals surface area contributed by atoms with Gasteiger partial charge in [0.15, 0.2) is 0 Å². The van der Waals surface area contributed by atoms with Crippen LogP contribution in [0.5, 0.6) is 0 Å². The fourth-order valence-corrected chi connectivity index (χ4v) is 1.14. The van der Waals surface area contributed by atoms with Gasteiger partial charge in [0.1, 0.15) is 0 Å². The summed E-state index contributed by atoms with van der Waals surface area (Å²) in [4.78, 5) is 0. The van der Waals surface area contributed by atoms with Crippen LogP contribution in [0.2, 0.25) is 0 Å². The molecule has 0 aliphatic carbocycles. The van der Waals surface area contributed by atoms with Gasteiger partial charge in [0, 0.05) is 6.42 Å². The number of hydrogen-bond donors (Lipinski definition) is 0. The average Bonchev–Trinajstić information content (AvgIpc) is 1.96. The van der Waals surface area contributed by atoms with E-state index in [9.17, 15) is 13.2 Å². The summed E-state index contributed by atoms with van der Waals surface area (Å²) in [6, 6.07) is 0. The highest BCUT2D eigenvalue weighted by molar-refractivity contribution is 6.32. The minimum absolute atomic E-state index is 0.330. The molecule has 0 aliphatic heterocycles. The van der Waals surface area contributed by atoms with Gasteiger partial charge < -0.3 is 0 Å². The maximum atomic E-state index is 12.9. The molecular formula is C8H13Cl2F3. The molecule has 0 unspecified atom stereocenters. The molecule has 0 heterocycles. The predicted molar refractivity (Wildman–Crippen MR) is 49.3 cm³/mol. The lowest BCUT2D eigenvalue weighted by molar-refractivity contribution is -0.0250. The molecule has 5 heteroatoms. The van der Waals surface area contributed by atoms with Crippen molar-refractivity contribution in [2.24, 2.45) is 0 Å². The Balaban J connectivity index is 3.77. The van der Waals surface area contributed by atoms with Gasteiger partial charge in [-0.25, -0.2) is 4.39 Å². The standard InChI is InChI=1S/C8H13Cl2F3/c1-2-3-4-5-6-7(9,11)8(10,12)13/h2-6H2,1H3/t7-/m0/s1. The third-order valence-electron chi connectivity index (χ3n) is 1.76. The lowest BCUT2D eigenvalue weighted by atomic mass is 10.1. The molecule has 0 aliphatic rings. The molecule has 0 bridgehead atoms. The SMILES string of the molecule is CCCCCC[C@@](F)(Cl)C(F)(F)Cl. The van der Waals surface area contributed by atoms with Crippen molar-refractivity contribution in [2.75, 3.05) is 0 Å². The first-order valence-corrected chi connectivity index (χ1v) is 5.01. The van der Waals surface area contributed by atoms with Crippen LogP contribution < -0.4 is 0 Å². The summed E-state index contributed by atoms with van der Waals surface area (Å²) < 4.78 is 37.4. The molecule has 0 N–H and O–H groups in total. The fourth-order valence-electron chi connectivity index (χ4n) is 0.916. The minimum Gasteiger partial charge on any atom is -0.218 e. The summed E-state index contributed by atoms with van der Waals surface area (Å²) in [7, 11) is 0. The van der Waals surface area contributed by atoms with Crippen LogP contribution in [-0.4, -0.2) is 10.5 Å². The molecule has 0 aromatic heterocycles. The van der Waals surface area contributed by atoms with Crippen LogP contribution in [0.25, 0.3) is 0 Å². The first-order valence-electron chi connectivity index (χ1n) is 4.26. The van der Waals surface area contributed by atoms with E-state index in [0.717, 1.165) is 12.8 Å². The van der Waals surface area contributed by atoms with E-state index in [0.29, 0.717) is 12.8 Å². The zero-order valence-corrected chi connectivity index (χ0v) is 8.94. The van der Waals surface area contributed by atoms with Gasteiger partial charge in [-0.15, -0.1) is 0 Å². The number of rotatable bonds is 6. The normalized spacial score (nSPS) is 17.1. The molecule has 0 amide bonds. The first-order chi connectivity index (χ1) is 5.81. The zero-order chi connectivity index (χ0) is 10.5. The Morgan fingerprint density at radius 2 is 1.54 bits per heavy atom. The number of unbranched alkanes of at least 4 members (excludes halogenated alkanes) is 3. The molecule has 0 nitrogen and oxygen atoms in total. The molecule has 0 saturated carbocycles. The third kappa shape index (κ3) is 4.96. The Morgan fingerprint density at radius 3 is 1.92 bits per heavy atom. The highest BCUT2D eigenvalue weighted by Gasteiger charge is 2.51. The Kier molecular flexibility index (Phi) is 5.45. The van der Waals surface area contributed by atoms with Crippen molar-refractivity contribution >= 4 is 23.2 Å². The average molecular weight is 237 g/mol. The first kappa shape index (κ1) is 13.4. The molecule has 0 aromatic carbocycles. The largest absolute Gasteiger partial charge is 0.368 e. The van der Waals surface area contributed by atoms with Crippen LogP contribution in [0.15, 0.2) is 0 Å². The van der Waals surface area contributed by atoms with E-state index in [4.69, 9.17) is 11.6 Å². The van der Waals surface area contributed by atoms with Crippen molar-refractivity contribution in [2.45, 2.75) is 49.5 Å². The topological polar surface area (TPSA) is 0 Å². The molecule has 13 heavy (non-hydrogen) atoms. The number of hydrogen-bond acceptors (Lipinski definition) is 0. The highest BCUT2D eigenvalue weighted by atomic mass is 35.5. The van der Waals surface area contributed by atoms with Crippen LogP contribution in [0.4, 0.5) is 13.2 Å². The van der Waals surface area contributed by atoms with Gasteiger partial charge >= 0.3 is 5.38 Å². The molecule has 0 spiro atoms. The molecule has 80 valence electrons. The van der Waals surface area contributed by atoms with E-state index in [1.54, 1.807) is 0 Å². The van der Waals surface area contributed by atoms with Crippen LogP contribution in [0.3, 0.4) is 0 Å². The summed E-state index contributed by atoms with van der Waals surface area (Å²) in [6.07, 6.45) is 2.46. The van der Waals surface area contributed by atoms with E-state index in [1.165, 1.54) is 0 Å². The predicted octanol–water partition coefficient (Wildman–Crippen LogP) is 4.69. The second-order valence-corrected chi connectivity index (χ2v) is 4.09. The van der Waals surface area contributed by atoms with Gasteiger partial charge in [0.05, 0.1) is 0 Å². The van der Waals surface area contributed by atoms with Gasteiger partial charge in [-0.2, -0.15) is 8.78 Å². The van der Waals surface area contributed by atoms with Crippen LogP contribution in [-0.2, 0) is 0 Å². The van der Waals surface area contributed by atoms with Crippen LogP contribution >= 0.6 is 23.2 Å². The summed E-state index contributed by atoms with van der Waals surface area (Å²) in [5, 5.41) is -7.09. The molecule has 0 saturated heterocycles. The van der Waals surface area contributed by atoms with E-state index in [1.807, 2.05) is 6.92 Å². The van der Waals surface area contributed by atoms with Gasteiger partial charge in [0.2, 0.25) is 0 Å². The van der Waals surface area contributed by atoms with E-state index in [2.05, 4.69) is 11.6 Å². The maximum Gasteiger partial charge on any atom is 0.368 e. The maximum absolute atomic E-state index is 12.9. The van der Waals surface area contributed by atoms with Gasteiger partial charge in [-0.05, 0) is 18.0 Å². The number of alkyl halides is 5. The van der Waals surface area contributed by atoms with Crippen LogP contribution in [0, 0.1) is 0 Å². The minimum atomic E-state index is -3.99. The van der Waals surface area contributed by atoms with Gasteiger partial charge in [-0.1, -0.05) is 37.8 Å². The molecular weight excluding hydrogens is 224 g/mol. The smallest absolute Gasteiger partial charge is 0.218 e. The van der Waals surface area contributed by atoms with Crippen molar-refractivity contribution in [1.29, 1.82) is 0 Å². The number of halogens is 5. The monoisotopic (exact) mass is 236 g/mol. The van der Waals surface area contributed by atoms with Gasteiger partial charge in [0.25, 0.3) is 5.13 Å². The lowest BCUT2D eigenvalue weighted by Crippen LogP contribution is -2.33. The quantitative estimate of drug-likeness (QED) is 0.464. The molecule has 1 atom stereocenters. The lowest BCUT2D eigenvalue weighted by Gasteiger charge is -2.22. The van der Waals surface area contributed by atoms with Gasteiger partial charge in [-0.3, -0.25) is 0 Å². The Morgan fingerprint density at radius 1 is 1.00 bits per heavy atom. The second-order valence-electron chi connectivity index (χ2n) is 3.01. The van der Waals surface area contributed by atoms with E-state index >= 15 is 0 Å². The summed E-state index contributed by atoms with van der Waals surface area (Å²) in [6.45, 7) is 1.97. The third-order valence-corrected chi connectivity index (χ3v) is 2.58. The molecule has 0 aromatic rings. The van der Waals surface area contributed by atoms with Crippen molar-refractivity contribution in [1.82, 2.24) is 0 Å². The summed E-state index contributed by atoms with van der Waals surface area (Å²) in [5.74, 6) is 0. The van der Waals surface area contributed by atoms with E-state index < -0.39 is 16.9 Å². The zero-order valence-electron chi connectivity index (χ0n) is 7.43. The Labute approximate surface area is 86.4 Å². The second kappa shape index (κ2) is 5.30. The van der Waals surface area contributed by atoms with Crippen molar-refractivity contribution < 1.29 is 13.2 Å². The Bertz CT molecular complexity index is 143. The highest BCUT2D eigenvalue weighted by Crippen LogP contribution is 2.43. The van der Waals surface area contributed by atoms with Crippen LogP contribution in [0.1, 0.15) is 39.0 Å².